The molecule has 148 valence electrons. The minimum Gasteiger partial charge on any atom is -0.467 e. The van der Waals surface area contributed by atoms with Crippen LogP contribution in [0.5, 0.6) is 0 Å². The zero-order chi connectivity index (χ0) is 19.2. The third-order valence-corrected chi connectivity index (χ3v) is 5.99. The zero-order valence-corrected chi connectivity index (χ0v) is 16.9. The Kier molecular flexibility index (Phi) is 7.20. The number of benzene rings is 1. The average Bonchev–Trinajstić information content (AvgIpc) is 3.12. The van der Waals surface area contributed by atoms with Crippen LogP contribution in [-0.2, 0) is 20.8 Å². The maximum atomic E-state index is 9.85. The van der Waals surface area contributed by atoms with E-state index >= 15 is 0 Å². The summed E-state index contributed by atoms with van der Waals surface area (Å²) in [4.78, 5) is 3.23. The molecule has 7 heteroatoms. The number of allylic oxidation sites excluding steroid dienone is 1. The summed E-state index contributed by atoms with van der Waals surface area (Å²) in [5.74, 6) is 0.860. The Bertz CT molecular complexity index is 705. The number of aliphatic hydroxyl groups excluding tert-OH is 1. The highest BCUT2D eigenvalue weighted by Crippen LogP contribution is 2.46. The van der Waals surface area contributed by atoms with Gasteiger partial charge in [-0.3, -0.25) is 5.32 Å². The predicted octanol–water partition coefficient (Wildman–Crippen LogP) is 2.76. The van der Waals surface area contributed by atoms with Gasteiger partial charge in [0.1, 0.15) is 5.76 Å². The highest BCUT2D eigenvalue weighted by molar-refractivity contribution is 8.03. The van der Waals surface area contributed by atoms with Gasteiger partial charge in [0.25, 0.3) is 0 Å². The lowest BCUT2D eigenvalue weighted by atomic mass is 10.0. The van der Waals surface area contributed by atoms with Gasteiger partial charge in [-0.1, -0.05) is 12.1 Å². The molecule has 1 aromatic carbocycles. The van der Waals surface area contributed by atoms with Crippen LogP contribution in [0.15, 0.2) is 41.0 Å². The zero-order valence-electron chi connectivity index (χ0n) is 16.1. The SMILES string of the molecule is COCCOCOC1=C2SC(c3ccc(N(C)C)cc3CO)NC2CC=C1. The fourth-order valence-electron chi connectivity index (χ4n) is 3.14. The molecule has 0 spiro atoms. The van der Waals surface area contributed by atoms with Gasteiger partial charge in [-0.2, -0.15) is 0 Å². The van der Waals surface area contributed by atoms with E-state index in [0.717, 1.165) is 29.0 Å². The maximum Gasteiger partial charge on any atom is 0.189 e. The number of ether oxygens (including phenoxy) is 3. The molecule has 6 nitrogen and oxygen atoms in total. The summed E-state index contributed by atoms with van der Waals surface area (Å²) in [6, 6.07) is 6.48. The summed E-state index contributed by atoms with van der Waals surface area (Å²) in [6.45, 7) is 1.30. The number of nitrogens with zero attached hydrogens (tertiary/aromatic N) is 1. The van der Waals surface area contributed by atoms with Crippen LogP contribution in [0, 0.1) is 0 Å². The summed E-state index contributed by atoms with van der Waals surface area (Å²) < 4.78 is 16.2. The van der Waals surface area contributed by atoms with Crippen LogP contribution in [0.3, 0.4) is 0 Å². The molecule has 0 bridgehead atoms. The Morgan fingerprint density at radius 1 is 1.30 bits per heavy atom. The lowest BCUT2D eigenvalue weighted by Gasteiger charge is -2.19. The van der Waals surface area contributed by atoms with Gasteiger partial charge in [0, 0.05) is 37.8 Å². The normalized spacial score (nSPS) is 21.5. The highest BCUT2D eigenvalue weighted by atomic mass is 32.2. The maximum absolute atomic E-state index is 9.85. The van der Waals surface area contributed by atoms with Crippen molar-refractivity contribution in [1.29, 1.82) is 0 Å². The van der Waals surface area contributed by atoms with Crippen molar-refractivity contribution in [2.45, 2.75) is 24.4 Å². The second-order valence-corrected chi connectivity index (χ2v) is 7.83. The third kappa shape index (κ3) is 4.86. The number of aliphatic hydroxyl groups is 1. The van der Waals surface area contributed by atoms with Crippen LogP contribution in [0.2, 0.25) is 0 Å². The molecule has 0 saturated carbocycles. The van der Waals surface area contributed by atoms with E-state index in [4.69, 9.17) is 14.2 Å². The number of methoxy groups -OCH3 is 1. The first-order chi connectivity index (χ1) is 13.1. The van der Waals surface area contributed by atoms with Crippen molar-refractivity contribution in [3.63, 3.8) is 0 Å². The van der Waals surface area contributed by atoms with Crippen molar-refractivity contribution in [3.05, 3.63) is 52.1 Å². The molecule has 1 aliphatic heterocycles. The van der Waals surface area contributed by atoms with E-state index in [-0.39, 0.29) is 24.8 Å². The Morgan fingerprint density at radius 3 is 2.89 bits per heavy atom. The van der Waals surface area contributed by atoms with Gasteiger partial charge in [-0.15, -0.1) is 11.8 Å². The lowest BCUT2D eigenvalue weighted by molar-refractivity contribution is -0.0371. The molecule has 2 atom stereocenters. The summed E-state index contributed by atoms with van der Waals surface area (Å²) in [5.41, 5.74) is 3.15. The first-order valence-corrected chi connectivity index (χ1v) is 9.96. The number of anilines is 1. The monoisotopic (exact) mass is 392 g/mol. The van der Waals surface area contributed by atoms with Gasteiger partial charge in [0.05, 0.1) is 25.2 Å². The van der Waals surface area contributed by atoms with Crippen LogP contribution in [0.1, 0.15) is 22.9 Å². The van der Waals surface area contributed by atoms with Gasteiger partial charge >= 0.3 is 0 Å². The molecule has 1 heterocycles. The average molecular weight is 393 g/mol. The fourth-order valence-corrected chi connectivity index (χ4v) is 4.56. The summed E-state index contributed by atoms with van der Waals surface area (Å²) >= 11 is 1.76. The third-order valence-electron chi connectivity index (χ3n) is 4.62. The molecule has 2 aliphatic rings. The van der Waals surface area contributed by atoms with E-state index in [1.165, 1.54) is 4.91 Å². The number of nitrogens with one attached hydrogen (secondary N) is 1. The second-order valence-electron chi connectivity index (χ2n) is 6.68. The Labute approximate surface area is 165 Å². The first-order valence-electron chi connectivity index (χ1n) is 9.08. The van der Waals surface area contributed by atoms with Crippen molar-refractivity contribution in [1.82, 2.24) is 5.32 Å². The molecular weight excluding hydrogens is 364 g/mol. The van der Waals surface area contributed by atoms with Crippen LogP contribution in [-0.4, -0.2) is 52.4 Å². The smallest absolute Gasteiger partial charge is 0.189 e. The molecule has 1 fully saturated rings. The minimum atomic E-state index is 0.0222. The van der Waals surface area contributed by atoms with E-state index in [1.54, 1.807) is 18.9 Å². The van der Waals surface area contributed by atoms with E-state index in [0.29, 0.717) is 13.2 Å². The minimum absolute atomic E-state index is 0.0222. The molecule has 2 N–H and O–H groups in total. The summed E-state index contributed by atoms with van der Waals surface area (Å²) in [7, 11) is 5.65. The largest absolute Gasteiger partial charge is 0.467 e. The lowest BCUT2D eigenvalue weighted by Crippen LogP contribution is -2.26. The molecular formula is C20H28N2O4S. The van der Waals surface area contributed by atoms with E-state index in [2.05, 4.69) is 23.5 Å². The molecule has 2 unspecified atom stereocenters. The molecule has 1 saturated heterocycles. The highest BCUT2D eigenvalue weighted by Gasteiger charge is 2.34. The van der Waals surface area contributed by atoms with Gasteiger partial charge in [0.15, 0.2) is 6.79 Å². The molecule has 0 radical (unpaired) electrons. The topological polar surface area (TPSA) is 63.2 Å². The van der Waals surface area contributed by atoms with Gasteiger partial charge < -0.3 is 24.2 Å². The quantitative estimate of drug-likeness (QED) is 0.495. The van der Waals surface area contributed by atoms with E-state index in [9.17, 15) is 5.11 Å². The first kappa shape index (κ1) is 20.2. The van der Waals surface area contributed by atoms with E-state index < -0.39 is 0 Å². The molecule has 0 amide bonds. The number of fused-ring (bicyclic) bond motifs is 1. The molecule has 3 rings (SSSR count). The molecule has 1 aliphatic carbocycles. The van der Waals surface area contributed by atoms with Crippen molar-refractivity contribution in [3.8, 4) is 0 Å². The van der Waals surface area contributed by atoms with Crippen molar-refractivity contribution < 1.29 is 19.3 Å². The van der Waals surface area contributed by atoms with Crippen molar-refractivity contribution in [2.75, 3.05) is 46.1 Å². The van der Waals surface area contributed by atoms with Crippen molar-refractivity contribution >= 4 is 17.4 Å². The fraction of sp³-hybridized carbons (Fsp3) is 0.500. The summed E-state index contributed by atoms with van der Waals surface area (Å²) in [6.07, 6.45) is 5.07. The Morgan fingerprint density at radius 2 is 2.15 bits per heavy atom. The molecule has 0 aromatic heterocycles. The van der Waals surface area contributed by atoms with Gasteiger partial charge in [0.2, 0.25) is 0 Å². The Hall–Kier alpha value is -1.51. The van der Waals surface area contributed by atoms with Crippen LogP contribution in [0.25, 0.3) is 0 Å². The van der Waals surface area contributed by atoms with Gasteiger partial charge in [-0.25, -0.2) is 0 Å². The van der Waals surface area contributed by atoms with Gasteiger partial charge in [-0.05, 0) is 35.8 Å². The molecule has 27 heavy (non-hydrogen) atoms. The predicted molar refractivity (Wildman–Crippen MR) is 109 cm³/mol. The van der Waals surface area contributed by atoms with Crippen LogP contribution in [0.4, 0.5) is 5.69 Å². The van der Waals surface area contributed by atoms with E-state index in [1.807, 2.05) is 31.1 Å². The van der Waals surface area contributed by atoms with Crippen LogP contribution >= 0.6 is 11.8 Å². The Balaban J connectivity index is 1.71. The standard InChI is InChI=1S/C20H28N2O4S/c1-22(2)15-7-8-16(14(11-15)12-23)20-21-17-5-4-6-18(19(17)27-20)26-13-25-10-9-24-3/h4,6-8,11,17,20-21,23H,5,9-10,12-13H2,1-3H3. The number of hydrogen-bond acceptors (Lipinski definition) is 7. The van der Waals surface area contributed by atoms with Crippen molar-refractivity contribution in [2.24, 2.45) is 0 Å². The summed E-state index contributed by atoms with van der Waals surface area (Å²) in [5, 5.41) is 13.6. The number of rotatable bonds is 9. The number of thioether (sulfide) groups is 1. The number of hydrogen-bond donors (Lipinski definition) is 2. The second kappa shape index (κ2) is 9.61. The molecule has 1 aromatic rings. The van der Waals surface area contributed by atoms with Crippen LogP contribution < -0.4 is 10.2 Å².